The fourth-order valence-electron chi connectivity index (χ4n) is 2.78. The molecule has 0 bridgehead atoms. The van der Waals surface area contributed by atoms with E-state index in [1.54, 1.807) is 7.11 Å². The third-order valence-electron chi connectivity index (χ3n) is 3.91. The van der Waals surface area contributed by atoms with Crippen LogP contribution < -0.4 is 5.73 Å². The van der Waals surface area contributed by atoms with Crippen molar-refractivity contribution in [3.63, 3.8) is 0 Å². The van der Waals surface area contributed by atoms with Crippen molar-refractivity contribution in [1.82, 2.24) is 15.0 Å². The van der Waals surface area contributed by atoms with Gasteiger partial charge in [0.25, 0.3) is 5.89 Å². The third kappa shape index (κ3) is 2.51. The standard InChI is InChI=1S/C12H20N4O3/c1-17-9(5-13)12-14-11(15-19-12)10-6-16-4-2-3-8(16)7-18-10/h8-10H,2-7,13H2,1H3. The third-order valence-corrected chi connectivity index (χ3v) is 3.91. The van der Waals surface area contributed by atoms with Crippen molar-refractivity contribution in [3.05, 3.63) is 11.7 Å². The highest BCUT2D eigenvalue weighted by molar-refractivity contribution is 4.98. The summed E-state index contributed by atoms with van der Waals surface area (Å²) in [7, 11) is 1.58. The number of methoxy groups -OCH3 is 1. The molecule has 1 aromatic rings. The van der Waals surface area contributed by atoms with E-state index >= 15 is 0 Å². The minimum atomic E-state index is -0.343. The van der Waals surface area contributed by atoms with Crippen LogP contribution in [0.25, 0.3) is 0 Å². The summed E-state index contributed by atoms with van der Waals surface area (Å²) in [4.78, 5) is 6.80. The highest BCUT2D eigenvalue weighted by Gasteiger charge is 2.35. The zero-order chi connectivity index (χ0) is 13.2. The lowest BCUT2D eigenvalue weighted by Gasteiger charge is -2.33. The van der Waals surface area contributed by atoms with Crippen molar-refractivity contribution in [1.29, 1.82) is 0 Å². The molecule has 19 heavy (non-hydrogen) atoms. The summed E-state index contributed by atoms with van der Waals surface area (Å²) in [5.41, 5.74) is 5.58. The highest BCUT2D eigenvalue weighted by Crippen LogP contribution is 2.29. The Morgan fingerprint density at radius 1 is 1.58 bits per heavy atom. The predicted octanol–water partition coefficient (Wildman–Crippen LogP) is 0.252. The van der Waals surface area contributed by atoms with Gasteiger partial charge in [-0.2, -0.15) is 4.98 Å². The number of aromatic nitrogens is 2. The van der Waals surface area contributed by atoms with Crippen molar-refractivity contribution in [2.75, 3.05) is 33.4 Å². The van der Waals surface area contributed by atoms with Crippen LogP contribution >= 0.6 is 0 Å². The molecule has 3 atom stereocenters. The second kappa shape index (κ2) is 5.54. The zero-order valence-corrected chi connectivity index (χ0v) is 11.1. The van der Waals surface area contributed by atoms with Gasteiger partial charge in [-0.1, -0.05) is 5.16 Å². The Hall–Kier alpha value is -1.02. The molecule has 0 radical (unpaired) electrons. The van der Waals surface area contributed by atoms with Crippen molar-refractivity contribution in [2.24, 2.45) is 5.73 Å². The molecule has 2 saturated heterocycles. The minimum Gasteiger partial charge on any atom is -0.370 e. The van der Waals surface area contributed by atoms with Crippen LogP contribution in [0.1, 0.15) is 36.8 Å². The molecule has 0 amide bonds. The maximum atomic E-state index is 5.84. The average Bonchev–Trinajstić information content (AvgIpc) is 3.08. The topological polar surface area (TPSA) is 86.6 Å². The van der Waals surface area contributed by atoms with Crippen molar-refractivity contribution in [2.45, 2.75) is 31.1 Å². The van der Waals surface area contributed by atoms with Gasteiger partial charge in [-0.05, 0) is 19.4 Å². The number of nitrogens with two attached hydrogens (primary N) is 1. The average molecular weight is 268 g/mol. The van der Waals surface area contributed by atoms with Crippen molar-refractivity contribution in [3.8, 4) is 0 Å². The lowest BCUT2D eigenvalue weighted by Crippen LogP contribution is -2.42. The molecule has 2 N–H and O–H groups in total. The van der Waals surface area contributed by atoms with E-state index in [2.05, 4.69) is 15.0 Å². The van der Waals surface area contributed by atoms with Gasteiger partial charge in [-0.25, -0.2) is 0 Å². The molecule has 0 aromatic carbocycles. The minimum absolute atomic E-state index is 0.109. The smallest absolute Gasteiger partial charge is 0.257 e. The van der Waals surface area contributed by atoms with E-state index in [1.165, 1.54) is 12.8 Å². The molecule has 7 heteroatoms. The summed E-state index contributed by atoms with van der Waals surface area (Å²) >= 11 is 0. The molecule has 2 aliphatic rings. The Balaban J connectivity index is 1.69. The van der Waals surface area contributed by atoms with Gasteiger partial charge in [0.2, 0.25) is 5.82 Å². The van der Waals surface area contributed by atoms with Gasteiger partial charge >= 0.3 is 0 Å². The van der Waals surface area contributed by atoms with Crippen LogP contribution in [0.4, 0.5) is 0 Å². The molecule has 0 saturated carbocycles. The van der Waals surface area contributed by atoms with Crippen LogP contribution in [0.3, 0.4) is 0 Å². The predicted molar refractivity (Wildman–Crippen MR) is 66.4 cm³/mol. The van der Waals surface area contributed by atoms with Gasteiger partial charge in [-0.3, -0.25) is 4.90 Å². The summed E-state index contributed by atoms with van der Waals surface area (Å²) in [5.74, 6) is 1.02. The van der Waals surface area contributed by atoms with Crippen LogP contribution in [0.15, 0.2) is 4.52 Å². The Morgan fingerprint density at radius 3 is 3.26 bits per heavy atom. The number of ether oxygens (including phenoxy) is 2. The molecule has 7 nitrogen and oxygen atoms in total. The molecule has 3 unspecified atom stereocenters. The van der Waals surface area contributed by atoms with Gasteiger partial charge in [0, 0.05) is 26.2 Å². The summed E-state index contributed by atoms with van der Waals surface area (Å²) in [6.07, 6.45) is 2.02. The van der Waals surface area contributed by atoms with Crippen molar-refractivity contribution < 1.29 is 14.0 Å². The first kappa shape index (κ1) is 13.0. The van der Waals surface area contributed by atoms with E-state index in [-0.39, 0.29) is 12.2 Å². The molecule has 106 valence electrons. The van der Waals surface area contributed by atoms with Gasteiger partial charge in [0.05, 0.1) is 6.61 Å². The fraction of sp³-hybridized carbons (Fsp3) is 0.833. The van der Waals surface area contributed by atoms with Gasteiger partial charge in [-0.15, -0.1) is 0 Å². The van der Waals surface area contributed by atoms with E-state index in [0.717, 1.165) is 19.7 Å². The molecule has 3 rings (SSSR count). The number of nitrogens with zero attached hydrogens (tertiary/aromatic N) is 3. The SMILES string of the molecule is COC(CN)c1nc(C2CN3CCCC3CO2)no1. The van der Waals surface area contributed by atoms with E-state index in [0.29, 0.717) is 24.3 Å². The summed E-state index contributed by atoms with van der Waals surface area (Å²) in [5, 5.41) is 4.00. The van der Waals surface area contributed by atoms with E-state index in [9.17, 15) is 0 Å². The molecule has 1 aromatic heterocycles. The summed E-state index contributed by atoms with van der Waals surface area (Å²) < 4.78 is 16.2. The molecule has 0 spiro atoms. The van der Waals surface area contributed by atoms with E-state index in [4.69, 9.17) is 19.7 Å². The number of rotatable bonds is 4. The second-order valence-corrected chi connectivity index (χ2v) is 5.06. The highest BCUT2D eigenvalue weighted by atomic mass is 16.5. The zero-order valence-electron chi connectivity index (χ0n) is 11.1. The van der Waals surface area contributed by atoms with Gasteiger partial charge in [0.15, 0.2) is 0 Å². The van der Waals surface area contributed by atoms with Crippen LogP contribution in [-0.4, -0.2) is 54.4 Å². The first-order chi connectivity index (χ1) is 9.31. The van der Waals surface area contributed by atoms with Crippen LogP contribution in [-0.2, 0) is 9.47 Å². The Morgan fingerprint density at radius 2 is 2.47 bits per heavy atom. The normalized spacial score (nSPS) is 29.4. The molecular weight excluding hydrogens is 248 g/mol. The van der Waals surface area contributed by atoms with E-state index in [1.807, 2.05) is 0 Å². The lowest BCUT2D eigenvalue weighted by atomic mass is 10.2. The summed E-state index contributed by atoms with van der Waals surface area (Å²) in [6, 6.07) is 0.568. The monoisotopic (exact) mass is 268 g/mol. The number of hydrogen-bond acceptors (Lipinski definition) is 7. The largest absolute Gasteiger partial charge is 0.370 e. The Bertz CT molecular complexity index is 421. The first-order valence-electron chi connectivity index (χ1n) is 6.74. The Labute approximate surface area is 112 Å². The van der Waals surface area contributed by atoms with Crippen LogP contribution in [0, 0.1) is 0 Å². The summed E-state index contributed by atoms with van der Waals surface area (Å²) in [6.45, 7) is 3.04. The maximum absolute atomic E-state index is 5.84. The maximum Gasteiger partial charge on any atom is 0.257 e. The van der Waals surface area contributed by atoms with Crippen LogP contribution in [0.2, 0.25) is 0 Å². The molecule has 2 fully saturated rings. The first-order valence-corrected chi connectivity index (χ1v) is 6.74. The second-order valence-electron chi connectivity index (χ2n) is 5.06. The fourth-order valence-corrected chi connectivity index (χ4v) is 2.78. The molecule has 2 aliphatic heterocycles. The van der Waals surface area contributed by atoms with E-state index < -0.39 is 0 Å². The quantitative estimate of drug-likeness (QED) is 0.837. The van der Waals surface area contributed by atoms with Crippen molar-refractivity contribution >= 4 is 0 Å². The molecule has 0 aliphatic carbocycles. The van der Waals surface area contributed by atoms with Crippen LogP contribution in [0.5, 0.6) is 0 Å². The molecular formula is C12H20N4O3. The number of hydrogen-bond donors (Lipinski definition) is 1. The Kier molecular flexibility index (Phi) is 3.79. The van der Waals surface area contributed by atoms with Gasteiger partial charge < -0.3 is 19.7 Å². The molecule has 3 heterocycles. The number of morpholine rings is 1. The van der Waals surface area contributed by atoms with Gasteiger partial charge in [0.1, 0.15) is 12.2 Å². The lowest BCUT2D eigenvalue weighted by molar-refractivity contribution is -0.0548. The number of fused-ring (bicyclic) bond motifs is 1.